The Morgan fingerprint density at radius 1 is 1.44 bits per heavy atom. The molecule has 0 aliphatic carbocycles. The van der Waals surface area contributed by atoms with Crippen LogP contribution in [0.25, 0.3) is 0 Å². The number of nitrogens with zero attached hydrogens (tertiary/aromatic N) is 2. The van der Waals surface area contributed by atoms with Crippen molar-refractivity contribution in [3.63, 3.8) is 0 Å². The van der Waals surface area contributed by atoms with E-state index >= 15 is 0 Å². The van der Waals surface area contributed by atoms with Crippen molar-refractivity contribution in [1.82, 2.24) is 9.80 Å². The molecule has 0 aromatic heterocycles. The van der Waals surface area contributed by atoms with E-state index in [2.05, 4.69) is 13.8 Å². The molecule has 1 aliphatic rings. The first-order chi connectivity index (χ1) is 11.9. The van der Waals surface area contributed by atoms with Crippen molar-refractivity contribution in [2.75, 3.05) is 39.9 Å². The van der Waals surface area contributed by atoms with Gasteiger partial charge in [0.15, 0.2) is 0 Å². The molecule has 0 unspecified atom stereocenters. The molecule has 0 saturated carbocycles. The Hall–Kier alpha value is -1.66. The summed E-state index contributed by atoms with van der Waals surface area (Å²) in [5.41, 5.74) is 0.617. The number of likely N-dealkylation sites (tertiary alicyclic amines) is 1. The van der Waals surface area contributed by atoms with E-state index in [9.17, 15) is 9.18 Å². The second-order valence-corrected chi connectivity index (χ2v) is 7.16. The lowest BCUT2D eigenvalue weighted by atomic mass is 9.97. The van der Waals surface area contributed by atoms with Gasteiger partial charge < -0.3 is 14.7 Å². The lowest BCUT2D eigenvalue weighted by Gasteiger charge is -2.39. The quantitative estimate of drug-likeness (QED) is 0.740. The number of aliphatic hydroxyl groups excluding tert-OH is 1. The Balaban J connectivity index is 1.79. The van der Waals surface area contributed by atoms with Crippen molar-refractivity contribution in [3.05, 3.63) is 29.6 Å². The van der Waals surface area contributed by atoms with Crippen molar-refractivity contribution in [3.8, 4) is 5.75 Å². The van der Waals surface area contributed by atoms with E-state index in [1.165, 1.54) is 6.07 Å². The average molecular weight is 352 g/mol. The summed E-state index contributed by atoms with van der Waals surface area (Å²) >= 11 is 0. The van der Waals surface area contributed by atoms with Crippen LogP contribution in [0.1, 0.15) is 25.8 Å². The zero-order valence-electron chi connectivity index (χ0n) is 15.4. The smallest absolute Gasteiger partial charge is 0.228 e. The summed E-state index contributed by atoms with van der Waals surface area (Å²) in [5, 5.41) is 8.88. The number of rotatable bonds is 9. The van der Waals surface area contributed by atoms with Gasteiger partial charge in [-0.3, -0.25) is 9.69 Å². The van der Waals surface area contributed by atoms with Gasteiger partial charge in [-0.25, -0.2) is 4.39 Å². The molecular formula is C19H29FN2O3. The Morgan fingerprint density at radius 3 is 2.76 bits per heavy atom. The minimum atomic E-state index is -0.269. The molecule has 0 radical (unpaired) electrons. The number of amides is 1. The molecule has 25 heavy (non-hydrogen) atoms. The molecule has 6 heteroatoms. The number of benzene rings is 1. The molecule has 1 fully saturated rings. The average Bonchev–Trinajstić information content (AvgIpc) is 2.51. The third-order valence-corrected chi connectivity index (χ3v) is 4.50. The molecule has 0 bridgehead atoms. The van der Waals surface area contributed by atoms with E-state index in [1.54, 1.807) is 24.1 Å². The molecule has 140 valence electrons. The Labute approximate surface area is 149 Å². The highest BCUT2D eigenvalue weighted by Crippen LogP contribution is 2.23. The minimum absolute atomic E-state index is 0.0323. The number of likely N-dealkylation sites (N-methyl/N-ethyl adjacent to an activating group) is 1. The van der Waals surface area contributed by atoms with Gasteiger partial charge in [-0.1, -0.05) is 19.9 Å². The number of carbonyl (C=O) groups excluding carboxylic acids is 1. The number of hydrogen-bond acceptors (Lipinski definition) is 4. The summed E-state index contributed by atoms with van der Waals surface area (Å²) in [6.07, 6.45) is 0.942. The summed E-state index contributed by atoms with van der Waals surface area (Å²) < 4.78 is 19.8. The first-order valence-electron chi connectivity index (χ1n) is 8.90. The van der Waals surface area contributed by atoms with Gasteiger partial charge >= 0.3 is 0 Å². The molecular weight excluding hydrogens is 323 g/mol. The molecule has 1 amide bonds. The molecule has 0 atom stereocenters. The second-order valence-electron chi connectivity index (χ2n) is 7.16. The third-order valence-electron chi connectivity index (χ3n) is 4.50. The van der Waals surface area contributed by atoms with E-state index in [4.69, 9.17) is 9.84 Å². The summed E-state index contributed by atoms with van der Waals surface area (Å²) in [6, 6.07) is 5.00. The highest BCUT2D eigenvalue weighted by Gasteiger charge is 2.34. The van der Waals surface area contributed by atoms with Crippen LogP contribution < -0.4 is 4.74 Å². The maximum atomic E-state index is 14.2. The van der Waals surface area contributed by atoms with Crippen molar-refractivity contribution in [2.45, 2.75) is 26.8 Å². The predicted molar refractivity (Wildman–Crippen MR) is 94.8 cm³/mol. The molecule has 1 aliphatic heterocycles. The van der Waals surface area contributed by atoms with Crippen LogP contribution in [0.15, 0.2) is 18.2 Å². The second kappa shape index (κ2) is 9.15. The highest BCUT2D eigenvalue weighted by molar-refractivity contribution is 5.79. The van der Waals surface area contributed by atoms with E-state index in [-0.39, 0.29) is 24.2 Å². The summed E-state index contributed by atoms with van der Waals surface area (Å²) in [4.78, 5) is 15.7. The van der Waals surface area contributed by atoms with Crippen LogP contribution >= 0.6 is 0 Å². The fourth-order valence-electron chi connectivity index (χ4n) is 2.83. The van der Waals surface area contributed by atoms with Gasteiger partial charge in [-0.15, -0.1) is 0 Å². The molecule has 0 spiro atoms. The van der Waals surface area contributed by atoms with E-state index in [1.807, 2.05) is 4.90 Å². The zero-order chi connectivity index (χ0) is 18.4. The first-order valence-corrected chi connectivity index (χ1v) is 8.90. The lowest BCUT2D eigenvalue weighted by molar-refractivity contribution is -0.140. The van der Waals surface area contributed by atoms with Crippen molar-refractivity contribution in [1.29, 1.82) is 0 Å². The van der Waals surface area contributed by atoms with Gasteiger partial charge in [0.1, 0.15) is 11.6 Å². The Kier molecular flexibility index (Phi) is 7.20. The predicted octanol–water partition coefficient (Wildman–Crippen LogP) is 2.13. The van der Waals surface area contributed by atoms with Crippen molar-refractivity contribution in [2.24, 2.45) is 11.8 Å². The van der Waals surface area contributed by atoms with Gasteiger partial charge in [0, 0.05) is 44.9 Å². The maximum absolute atomic E-state index is 14.2. The van der Waals surface area contributed by atoms with E-state index < -0.39 is 0 Å². The third kappa shape index (κ3) is 5.68. The fraction of sp³-hybridized carbons (Fsp3) is 0.632. The molecule has 2 rings (SSSR count). The molecule has 1 heterocycles. The lowest BCUT2D eigenvalue weighted by Crippen LogP contribution is -2.53. The normalized spacial score (nSPS) is 15.3. The summed E-state index contributed by atoms with van der Waals surface area (Å²) in [6.45, 7) is 6.90. The van der Waals surface area contributed by atoms with Crippen molar-refractivity contribution >= 4 is 5.91 Å². The molecule has 5 nitrogen and oxygen atoms in total. The standard InChI is InChI=1S/C19H29FN2O3/c1-14(2)6-9-25-17-5-4-15(18(20)10-17)11-22-12-16(13-22)19(24)21(3)7-8-23/h4-5,10,14,16,23H,6-9,11-13H2,1-3H3. The van der Waals surface area contributed by atoms with Crippen LogP contribution in [0, 0.1) is 17.7 Å². The zero-order valence-corrected chi connectivity index (χ0v) is 15.4. The van der Waals surface area contributed by atoms with Crippen LogP contribution in [0.2, 0.25) is 0 Å². The van der Waals surface area contributed by atoms with Crippen LogP contribution in [-0.4, -0.2) is 60.7 Å². The monoisotopic (exact) mass is 352 g/mol. The number of halogens is 1. The Morgan fingerprint density at radius 2 is 2.16 bits per heavy atom. The fourth-order valence-corrected chi connectivity index (χ4v) is 2.83. The highest BCUT2D eigenvalue weighted by atomic mass is 19.1. The largest absolute Gasteiger partial charge is 0.493 e. The topological polar surface area (TPSA) is 53.0 Å². The Bertz CT molecular complexity index is 574. The number of ether oxygens (including phenoxy) is 1. The number of carbonyl (C=O) groups is 1. The molecule has 1 saturated heterocycles. The maximum Gasteiger partial charge on any atom is 0.228 e. The van der Waals surface area contributed by atoms with Gasteiger partial charge in [-0.05, 0) is 18.4 Å². The van der Waals surface area contributed by atoms with E-state index in [0.717, 1.165) is 6.42 Å². The van der Waals surface area contributed by atoms with Gasteiger partial charge in [0.25, 0.3) is 0 Å². The minimum Gasteiger partial charge on any atom is -0.493 e. The van der Waals surface area contributed by atoms with Crippen LogP contribution in [0.5, 0.6) is 5.75 Å². The van der Waals surface area contributed by atoms with Crippen LogP contribution in [0.4, 0.5) is 4.39 Å². The molecule has 1 aromatic carbocycles. The number of aliphatic hydroxyl groups is 1. The number of hydrogen-bond donors (Lipinski definition) is 1. The molecule has 1 N–H and O–H groups in total. The van der Waals surface area contributed by atoms with Crippen LogP contribution in [-0.2, 0) is 11.3 Å². The SMILES string of the molecule is CC(C)CCOc1ccc(CN2CC(C(=O)N(C)CCO)C2)c(F)c1. The van der Waals surface area contributed by atoms with E-state index in [0.29, 0.717) is 50.0 Å². The van der Waals surface area contributed by atoms with Crippen molar-refractivity contribution < 1.29 is 19.0 Å². The van der Waals surface area contributed by atoms with Gasteiger partial charge in [-0.2, -0.15) is 0 Å². The van der Waals surface area contributed by atoms with Gasteiger partial charge in [0.2, 0.25) is 5.91 Å². The first kappa shape index (κ1) is 19.7. The summed E-state index contributed by atoms with van der Waals surface area (Å²) in [7, 11) is 1.69. The van der Waals surface area contributed by atoms with Gasteiger partial charge in [0.05, 0.1) is 19.1 Å². The van der Waals surface area contributed by atoms with Crippen LogP contribution in [0.3, 0.4) is 0 Å². The molecule has 1 aromatic rings. The summed E-state index contributed by atoms with van der Waals surface area (Å²) in [5.74, 6) is 0.832.